The van der Waals surface area contributed by atoms with Gasteiger partial charge in [0.1, 0.15) is 0 Å². The van der Waals surface area contributed by atoms with E-state index in [1.165, 1.54) is 13.2 Å². The van der Waals surface area contributed by atoms with Gasteiger partial charge in [-0.2, -0.15) is 0 Å². The Balaban J connectivity index is 1.85. The molecule has 28 heavy (non-hydrogen) atoms. The number of carbonyl (C=O) groups excluding carboxylic acids is 4. The maximum Gasteiger partial charge on any atom is 0.333 e. The molecule has 1 N–H and O–H groups in total. The van der Waals surface area contributed by atoms with Crippen molar-refractivity contribution >= 4 is 45.3 Å². The standard InChI is InChI=1S/C20H17BrN2O5/c1-28-20(27)18(12-5-7-14(21)8-6-12)22-19(26)13-3-2-4-15(11-13)23-16(24)9-10-17(23)25/h2-8,11,18H,9-10H2,1H3,(H,22,26). The first-order valence-corrected chi connectivity index (χ1v) is 9.30. The average molecular weight is 445 g/mol. The zero-order chi connectivity index (χ0) is 20.3. The molecule has 0 radical (unpaired) electrons. The highest BCUT2D eigenvalue weighted by atomic mass is 79.9. The molecule has 0 saturated carbocycles. The SMILES string of the molecule is COC(=O)C(NC(=O)c1cccc(N2C(=O)CCC2=O)c1)c1ccc(Br)cc1. The molecule has 1 atom stereocenters. The Morgan fingerprint density at radius 1 is 1.07 bits per heavy atom. The fraction of sp³-hybridized carbons (Fsp3) is 0.200. The van der Waals surface area contributed by atoms with Crippen LogP contribution in [0.2, 0.25) is 0 Å². The van der Waals surface area contributed by atoms with Gasteiger partial charge >= 0.3 is 5.97 Å². The number of nitrogens with one attached hydrogen (secondary N) is 1. The quantitative estimate of drug-likeness (QED) is 0.565. The molecule has 2 aromatic rings. The number of hydrogen-bond donors (Lipinski definition) is 1. The van der Waals surface area contributed by atoms with Gasteiger partial charge in [0.2, 0.25) is 11.8 Å². The van der Waals surface area contributed by atoms with Crippen molar-refractivity contribution in [3.8, 4) is 0 Å². The molecule has 0 aromatic heterocycles. The van der Waals surface area contributed by atoms with Gasteiger partial charge in [-0.1, -0.05) is 34.1 Å². The van der Waals surface area contributed by atoms with Gasteiger partial charge in [-0.05, 0) is 35.9 Å². The lowest BCUT2D eigenvalue weighted by atomic mass is 10.1. The summed E-state index contributed by atoms with van der Waals surface area (Å²) in [6, 6.07) is 12.1. The molecule has 0 aliphatic carbocycles. The fourth-order valence-corrected chi connectivity index (χ4v) is 3.18. The molecule has 1 aliphatic rings. The molecule has 2 aromatic carbocycles. The molecular weight excluding hydrogens is 428 g/mol. The number of hydrogen-bond acceptors (Lipinski definition) is 5. The molecule has 1 heterocycles. The van der Waals surface area contributed by atoms with E-state index in [1.807, 2.05) is 0 Å². The average Bonchev–Trinajstić information content (AvgIpc) is 3.04. The number of imide groups is 1. The van der Waals surface area contributed by atoms with Gasteiger partial charge in [0.15, 0.2) is 6.04 Å². The Kier molecular flexibility index (Phi) is 5.89. The van der Waals surface area contributed by atoms with Crippen LogP contribution in [-0.2, 0) is 19.1 Å². The highest BCUT2D eigenvalue weighted by Crippen LogP contribution is 2.24. The van der Waals surface area contributed by atoms with E-state index in [0.29, 0.717) is 11.3 Å². The van der Waals surface area contributed by atoms with Crippen molar-refractivity contribution in [3.63, 3.8) is 0 Å². The molecule has 144 valence electrons. The third kappa shape index (κ3) is 4.12. The second-order valence-electron chi connectivity index (χ2n) is 6.15. The number of nitrogens with zero attached hydrogens (tertiary/aromatic N) is 1. The minimum atomic E-state index is -0.996. The molecule has 0 bridgehead atoms. The summed E-state index contributed by atoms with van der Waals surface area (Å²) in [4.78, 5) is 49.8. The van der Waals surface area contributed by atoms with Gasteiger partial charge in [0, 0.05) is 22.9 Å². The van der Waals surface area contributed by atoms with E-state index in [4.69, 9.17) is 4.74 Å². The Bertz CT molecular complexity index is 926. The monoisotopic (exact) mass is 444 g/mol. The van der Waals surface area contributed by atoms with Crippen molar-refractivity contribution in [1.82, 2.24) is 5.32 Å². The number of rotatable bonds is 5. The van der Waals surface area contributed by atoms with Crippen LogP contribution >= 0.6 is 15.9 Å². The van der Waals surface area contributed by atoms with Crippen LogP contribution in [-0.4, -0.2) is 30.8 Å². The lowest BCUT2D eigenvalue weighted by Crippen LogP contribution is -2.35. The van der Waals surface area contributed by atoms with Crippen molar-refractivity contribution < 1.29 is 23.9 Å². The van der Waals surface area contributed by atoms with Crippen molar-refractivity contribution in [1.29, 1.82) is 0 Å². The molecule has 3 rings (SSSR count). The molecule has 1 saturated heterocycles. The first-order chi connectivity index (χ1) is 13.4. The topological polar surface area (TPSA) is 92.8 Å². The van der Waals surface area contributed by atoms with Crippen molar-refractivity contribution in [2.24, 2.45) is 0 Å². The van der Waals surface area contributed by atoms with Crippen LogP contribution in [0, 0.1) is 0 Å². The first kappa shape index (κ1) is 19.8. The van der Waals surface area contributed by atoms with E-state index < -0.39 is 17.9 Å². The van der Waals surface area contributed by atoms with Crippen molar-refractivity contribution in [3.05, 3.63) is 64.1 Å². The highest BCUT2D eigenvalue weighted by molar-refractivity contribution is 9.10. The Morgan fingerprint density at radius 3 is 2.32 bits per heavy atom. The summed E-state index contributed by atoms with van der Waals surface area (Å²) < 4.78 is 5.64. The van der Waals surface area contributed by atoms with Gasteiger partial charge in [-0.15, -0.1) is 0 Å². The molecule has 1 fully saturated rings. The van der Waals surface area contributed by atoms with Crippen LogP contribution in [0.15, 0.2) is 53.0 Å². The van der Waals surface area contributed by atoms with Crippen LogP contribution in [0.5, 0.6) is 0 Å². The number of amides is 3. The van der Waals surface area contributed by atoms with Crippen molar-refractivity contribution in [2.75, 3.05) is 12.0 Å². The van der Waals surface area contributed by atoms with E-state index in [0.717, 1.165) is 9.37 Å². The maximum atomic E-state index is 12.7. The summed E-state index contributed by atoms with van der Waals surface area (Å²) >= 11 is 3.32. The van der Waals surface area contributed by atoms with Crippen LogP contribution < -0.4 is 10.2 Å². The van der Waals surface area contributed by atoms with E-state index in [9.17, 15) is 19.2 Å². The molecular formula is C20H17BrN2O5. The molecule has 8 heteroatoms. The lowest BCUT2D eigenvalue weighted by molar-refractivity contribution is -0.143. The lowest BCUT2D eigenvalue weighted by Gasteiger charge is -2.18. The number of ether oxygens (including phenoxy) is 1. The third-order valence-corrected chi connectivity index (χ3v) is 4.86. The minimum absolute atomic E-state index is 0.156. The minimum Gasteiger partial charge on any atom is -0.467 e. The van der Waals surface area contributed by atoms with Gasteiger partial charge < -0.3 is 10.1 Å². The van der Waals surface area contributed by atoms with Crippen LogP contribution in [0.3, 0.4) is 0 Å². The summed E-state index contributed by atoms with van der Waals surface area (Å²) in [7, 11) is 1.24. The van der Waals surface area contributed by atoms with Gasteiger partial charge in [-0.25, -0.2) is 4.79 Å². The molecule has 1 unspecified atom stereocenters. The maximum absolute atomic E-state index is 12.7. The van der Waals surface area contributed by atoms with Gasteiger partial charge in [-0.3, -0.25) is 19.3 Å². The number of methoxy groups -OCH3 is 1. The number of halogens is 1. The number of carbonyl (C=O) groups is 4. The van der Waals surface area contributed by atoms with Gasteiger partial charge in [0.25, 0.3) is 5.91 Å². The highest BCUT2D eigenvalue weighted by Gasteiger charge is 2.31. The van der Waals surface area contributed by atoms with Gasteiger partial charge in [0.05, 0.1) is 12.8 Å². The van der Waals surface area contributed by atoms with Crippen LogP contribution in [0.4, 0.5) is 5.69 Å². The number of esters is 1. The van der Waals surface area contributed by atoms with E-state index in [2.05, 4.69) is 21.2 Å². The number of benzene rings is 2. The summed E-state index contributed by atoms with van der Waals surface area (Å²) in [6.07, 6.45) is 0.312. The predicted molar refractivity (Wildman–Crippen MR) is 105 cm³/mol. The molecule has 1 aliphatic heterocycles. The zero-order valence-corrected chi connectivity index (χ0v) is 16.6. The normalized spacial score (nSPS) is 14.7. The first-order valence-electron chi connectivity index (χ1n) is 8.50. The largest absolute Gasteiger partial charge is 0.467 e. The number of anilines is 1. The predicted octanol–water partition coefficient (Wildman–Crippen LogP) is 2.75. The summed E-state index contributed by atoms with van der Waals surface area (Å²) in [6.45, 7) is 0. The van der Waals surface area contributed by atoms with Crippen molar-refractivity contribution in [2.45, 2.75) is 18.9 Å². The van der Waals surface area contributed by atoms with E-state index in [-0.39, 0.29) is 30.2 Å². The third-order valence-electron chi connectivity index (χ3n) is 4.33. The van der Waals surface area contributed by atoms with Crippen LogP contribution in [0.25, 0.3) is 0 Å². The van der Waals surface area contributed by atoms with E-state index >= 15 is 0 Å². The zero-order valence-electron chi connectivity index (χ0n) is 15.0. The second-order valence-corrected chi connectivity index (χ2v) is 7.07. The second kappa shape index (κ2) is 8.35. The Labute approximate surface area is 169 Å². The molecule has 7 nitrogen and oxygen atoms in total. The van der Waals surface area contributed by atoms with Crippen LogP contribution in [0.1, 0.15) is 34.8 Å². The Hall–Kier alpha value is -3.00. The smallest absolute Gasteiger partial charge is 0.333 e. The molecule has 3 amide bonds. The summed E-state index contributed by atoms with van der Waals surface area (Å²) in [5.41, 5.74) is 1.11. The fourth-order valence-electron chi connectivity index (χ4n) is 2.92. The van der Waals surface area contributed by atoms with E-state index in [1.54, 1.807) is 42.5 Å². The summed E-state index contributed by atoms with van der Waals surface area (Å²) in [5.74, 6) is -1.74. The Morgan fingerprint density at radius 2 is 1.71 bits per heavy atom. The summed E-state index contributed by atoms with van der Waals surface area (Å²) in [5, 5.41) is 2.64. The molecule has 0 spiro atoms.